The summed E-state index contributed by atoms with van der Waals surface area (Å²) in [6.45, 7) is 0.411. The summed E-state index contributed by atoms with van der Waals surface area (Å²) in [4.78, 5) is 10.8. The largest absolute Gasteiger partial charge is 0.491 e. The number of nitrogens with two attached hydrogens (primary N) is 1. The molecule has 1 aliphatic carbocycles. The maximum Gasteiger partial charge on any atom is 0.335 e. The fourth-order valence-electron chi connectivity index (χ4n) is 1.74. The van der Waals surface area contributed by atoms with Crippen molar-refractivity contribution in [2.45, 2.75) is 19.3 Å². The molecule has 2 rings (SSSR count). The molecule has 0 amide bonds. The van der Waals surface area contributed by atoms with Crippen LogP contribution in [0, 0.1) is 16.7 Å². The molecule has 0 spiro atoms. The molecule has 0 bridgehead atoms. The molecular formula is C13H14N2O3. The Morgan fingerprint density at radius 1 is 1.56 bits per heavy atom. The summed E-state index contributed by atoms with van der Waals surface area (Å²) in [6, 6.07) is 6.52. The predicted octanol–water partition coefficient (Wildman–Crippen LogP) is 2.04. The van der Waals surface area contributed by atoms with Crippen LogP contribution in [0.2, 0.25) is 0 Å². The third-order valence-electron chi connectivity index (χ3n) is 3.21. The van der Waals surface area contributed by atoms with E-state index in [1.54, 1.807) is 0 Å². The minimum Gasteiger partial charge on any atom is -0.491 e. The van der Waals surface area contributed by atoms with Crippen LogP contribution in [-0.2, 0) is 0 Å². The number of benzene rings is 1. The van der Waals surface area contributed by atoms with Gasteiger partial charge in [0.2, 0.25) is 0 Å². The minimum absolute atomic E-state index is 0.0551. The van der Waals surface area contributed by atoms with Crippen LogP contribution in [0.5, 0.6) is 5.75 Å². The first-order valence-corrected chi connectivity index (χ1v) is 5.69. The molecule has 0 atom stereocenters. The average molecular weight is 246 g/mol. The van der Waals surface area contributed by atoms with Crippen LogP contribution in [0.4, 0.5) is 5.69 Å². The van der Waals surface area contributed by atoms with E-state index in [4.69, 9.17) is 20.8 Å². The van der Waals surface area contributed by atoms with Crippen LogP contribution >= 0.6 is 0 Å². The summed E-state index contributed by atoms with van der Waals surface area (Å²) in [6.07, 6.45) is 2.41. The Bertz CT molecular complexity index is 515. The Balaban J connectivity index is 2.07. The summed E-state index contributed by atoms with van der Waals surface area (Å²) in [5.74, 6) is -0.642. The van der Waals surface area contributed by atoms with Gasteiger partial charge in [-0.15, -0.1) is 0 Å². The van der Waals surface area contributed by atoms with Crippen molar-refractivity contribution in [2.24, 2.45) is 5.41 Å². The molecule has 18 heavy (non-hydrogen) atoms. The van der Waals surface area contributed by atoms with Crippen LogP contribution in [0.1, 0.15) is 29.6 Å². The number of anilines is 1. The third-order valence-corrected chi connectivity index (χ3v) is 3.21. The van der Waals surface area contributed by atoms with E-state index in [0.717, 1.165) is 12.8 Å². The molecule has 5 nitrogen and oxygen atoms in total. The minimum atomic E-state index is -1.02. The molecule has 1 aromatic rings. The van der Waals surface area contributed by atoms with E-state index in [9.17, 15) is 4.79 Å². The van der Waals surface area contributed by atoms with Crippen molar-refractivity contribution < 1.29 is 14.6 Å². The highest BCUT2D eigenvalue weighted by Crippen LogP contribution is 2.48. The van der Waals surface area contributed by atoms with Crippen LogP contribution in [-0.4, -0.2) is 17.7 Å². The standard InChI is InChI=1S/C13H14N2O3/c14-6-5-13(3-4-13)8-18-11-7-9(12(16)17)1-2-10(11)15/h1-2,7H,3-5,8,15H2,(H,16,17). The lowest BCUT2D eigenvalue weighted by Gasteiger charge is -2.14. The third kappa shape index (κ3) is 2.54. The highest BCUT2D eigenvalue weighted by atomic mass is 16.5. The number of carbonyl (C=O) groups is 1. The molecule has 0 unspecified atom stereocenters. The zero-order valence-electron chi connectivity index (χ0n) is 9.85. The molecule has 0 aliphatic heterocycles. The highest BCUT2D eigenvalue weighted by Gasteiger charge is 2.43. The van der Waals surface area contributed by atoms with E-state index in [-0.39, 0.29) is 11.0 Å². The molecular weight excluding hydrogens is 232 g/mol. The topological polar surface area (TPSA) is 96.3 Å². The molecule has 0 radical (unpaired) electrons. The number of carboxylic acid groups (broad SMARTS) is 1. The van der Waals surface area contributed by atoms with Crippen molar-refractivity contribution in [1.82, 2.24) is 0 Å². The van der Waals surface area contributed by atoms with Gasteiger partial charge in [-0.1, -0.05) is 0 Å². The van der Waals surface area contributed by atoms with E-state index in [1.807, 2.05) is 0 Å². The van der Waals surface area contributed by atoms with E-state index < -0.39 is 5.97 Å². The van der Waals surface area contributed by atoms with Gasteiger partial charge in [0.1, 0.15) is 5.75 Å². The summed E-state index contributed by atoms with van der Waals surface area (Å²) in [5, 5.41) is 17.6. The van der Waals surface area contributed by atoms with Crippen molar-refractivity contribution in [3.05, 3.63) is 23.8 Å². The number of hydrogen-bond acceptors (Lipinski definition) is 4. The maximum absolute atomic E-state index is 10.8. The van der Waals surface area contributed by atoms with Gasteiger partial charge in [-0.05, 0) is 31.0 Å². The molecule has 0 saturated heterocycles. The monoisotopic (exact) mass is 246 g/mol. The number of rotatable bonds is 5. The predicted molar refractivity (Wildman–Crippen MR) is 65.2 cm³/mol. The SMILES string of the molecule is N#CCC1(COc2cc(C(=O)O)ccc2N)CC1. The summed E-state index contributed by atoms with van der Waals surface area (Å²) in [7, 11) is 0. The quantitative estimate of drug-likeness (QED) is 0.775. The lowest BCUT2D eigenvalue weighted by atomic mass is 10.1. The number of nitrogens with zero attached hydrogens (tertiary/aromatic N) is 1. The molecule has 1 saturated carbocycles. The van der Waals surface area contributed by atoms with Crippen molar-refractivity contribution in [1.29, 1.82) is 5.26 Å². The van der Waals surface area contributed by atoms with E-state index in [2.05, 4.69) is 6.07 Å². The Hall–Kier alpha value is -2.22. The molecule has 0 heterocycles. The van der Waals surface area contributed by atoms with Crippen LogP contribution < -0.4 is 10.5 Å². The Morgan fingerprint density at radius 2 is 2.28 bits per heavy atom. The van der Waals surface area contributed by atoms with Gasteiger partial charge in [0.15, 0.2) is 0 Å². The molecule has 3 N–H and O–H groups in total. The fraction of sp³-hybridized carbons (Fsp3) is 0.385. The van der Waals surface area contributed by atoms with E-state index in [1.165, 1.54) is 18.2 Å². The van der Waals surface area contributed by atoms with Crippen molar-refractivity contribution in [2.75, 3.05) is 12.3 Å². The number of hydrogen-bond donors (Lipinski definition) is 2. The van der Waals surface area contributed by atoms with Gasteiger partial charge in [0, 0.05) is 11.8 Å². The van der Waals surface area contributed by atoms with Gasteiger partial charge in [-0.2, -0.15) is 5.26 Å². The molecule has 94 valence electrons. The van der Waals surface area contributed by atoms with Gasteiger partial charge in [-0.3, -0.25) is 0 Å². The van der Waals surface area contributed by atoms with Crippen LogP contribution in [0.3, 0.4) is 0 Å². The van der Waals surface area contributed by atoms with Gasteiger partial charge in [-0.25, -0.2) is 4.79 Å². The Morgan fingerprint density at radius 3 is 2.83 bits per heavy atom. The number of nitriles is 1. The molecule has 0 aromatic heterocycles. The number of carboxylic acids is 1. The van der Waals surface area contributed by atoms with Gasteiger partial charge < -0.3 is 15.6 Å². The summed E-state index contributed by atoms with van der Waals surface area (Å²) < 4.78 is 5.57. The second-order valence-electron chi connectivity index (χ2n) is 4.68. The second-order valence-corrected chi connectivity index (χ2v) is 4.68. The lowest BCUT2D eigenvalue weighted by molar-refractivity contribution is 0.0696. The van der Waals surface area contributed by atoms with Crippen LogP contribution in [0.25, 0.3) is 0 Å². The van der Waals surface area contributed by atoms with Gasteiger partial charge in [0.25, 0.3) is 0 Å². The van der Waals surface area contributed by atoms with Crippen molar-refractivity contribution in [3.8, 4) is 11.8 Å². The second kappa shape index (κ2) is 4.57. The number of aromatic carboxylic acids is 1. The smallest absolute Gasteiger partial charge is 0.335 e. The summed E-state index contributed by atoms with van der Waals surface area (Å²) >= 11 is 0. The normalized spacial score (nSPS) is 15.7. The van der Waals surface area contributed by atoms with Crippen LogP contribution in [0.15, 0.2) is 18.2 Å². The molecule has 1 fully saturated rings. The zero-order chi connectivity index (χ0) is 13.2. The van der Waals surface area contributed by atoms with Crippen molar-refractivity contribution in [3.63, 3.8) is 0 Å². The molecule has 5 heteroatoms. The molecule has 1 aromatic carbocycles. The number of nitrogen functional groups attached to an aromatic ring is 1. The number of ether oxygens (including phenoxy) is 1. The Kier molecular flexibility index (Phi) is 3.11. The maximum atomic E-state index is 10.8. The van der Waals surface area contributed by atoms with Gasteiger partial charge in [0.05, 0.1) is 23.9 Å². The zero-order valence-corrected chi connectivity index (χ0v) is 9.85. The average Bonchev–Trinajstić information content (AvgIpc) is 3.08. The molecule has 1 aliphatic rings. The first-order chi connectivity index (χ1) is 8.56. The highest BCUT2D eigenvalue weighted by molar-refractivity contribution is 5.89. The summed E-state index contributed by atoms with van der Waals surface area (Å²) in [5.41, 5.74) is 6.23. The van der Waals surface area contributed by atoms with E-state index >= 15 is 0 Å². The van der Waals surface area contributed by atoms with E-state index in [0.29, 0.717) is 24.5 Å². The first kappa shape index (κ1) is 12.2. The van der Waals surface area contributed by atoms with Gasteiger partial charge >= 0.3 is 5.97 Å². The Labute approximate surface area is 105 Å². The lowest BCUT2D eigenvalue weighted by Crippen LogP contribution is -2.13. The van der Waals surface area contributed by atoms with Crippen molar-refractivity contribution >= 4 is 11.7 Å². The fourth-order valence-corrected chi connectivity index (χ4v) is 1.74. The first-order valence-electron chi connectivity index (χ1n) is 5.69.